The molecule has 0 saturated heterocycles. The van der Waals surface area contributed by atoms with E-state index in [9.17, 15) is 19.5 Å². The molecule has 6 aliphatic rings. The van der Waals surface area contributed by atoms with E-state index < -0.39 is 5.97 Å². The molecule has 1 aromatic rings. The van der Waals surface area contributed by atoms with Gasteiger partial charge >= 0.3 is 11.9 Å². The van der Waals surface area contributed by atoms with Crippen molar-refractivity contribution in [3.63, 3.8) is 0 Å². The Labute approximate surface area is 262 Å². The lowest BCUT2D eigenvalue weighted by molar-refractivity contribution is -0.163. The molecule has 1 aliphatic heterocycles. The Bertz CT molecular complexity index is 1680. The molecule has 3 fully saturated rings. The van der Waals surface area contributed by atoms with Gasteiger partial charge in [-0.25, -0.2) is 4.98 Å². The van der Waals surface area contributed by atoms with Gasteiger partial charge in [0.1, 0.15) is 23.1 Å². The lowest BCUT2D eigenvalue weighted by Crippen LogP contribution is -2.51. The van der Waals surface area contributed by atoms with Crippen LogP contribution in [0, 0.1) is 28.6 Å². The third kappa shape index (κ3) is 5.53. The number of aromatic nitrogens is 1. The van der Waals surface area contributed by atoms with Crippen molar-refractivity contribution in [2.45, 2.75) is 90.3 Å². The molecule has 9 heteroatoms. The Balaban J connectivity index is 0.892. The molecule has 0 aromatic heterocycles. The third-order valence-corrected chi connectivity index (χ3v) is 11.6. The van der Waals surface area contributed by atoms with Crippen LogP contribution < -0.4 is 10.2 Å². The predicted molar refractivity (Wildman–Crippen MR) is 165 cm³/mol. The number of fused-ring (bicyclic) bond motifs is 7. The number of allylic oxidation sites excluding steroid dienone is 1. The molecule has 5 aliphatic carbocycles. The zero-order valence-corrected chi connectivity index (χ0v) is 26.0. The maximum Gasteiger partial charge on any atom is 0.309 e. The highest BCUT2D eigenvalue weighted by molar-refractivity contribution is 5.78. The van der Waals surface area contributed by atoms with Gasteiger partial charge in [0.25, 0.3) is 0 Å². The summed E-state index contributed by atoms with van der Waals surface area (Å²) in [5.74, 6) is 1.61. The first-order valence-corrected chi connectivity index (χ1v) is 16.3. The fourth-order valence-corrected chi connectivity index (χ4v) is 9.12. The second-order valence-electron chi connectivity index (χ2n) is 14.0. The molecular weight excluding hydrogens is 574 g/mol. The summed E-state index contributed by atoms with van der Waals surface area (Å²) >= 11 is 0. The second-order valence-corrected chi connectivity index (χ2v) is 14.0. The highest BCUT2D eigenvalue weighted by Gasteiger charge is 2.59. The summed E-state index contributed by atoms with van der Waals surface area (Å²) in [5.41, 5.74) is 3.03. The van der Waals surface area contributed by atoms with E-state index in [4.69, 9.17) is 18.6 Å². The molecular formula is C36H41NO8. The first kappa shape index (κ1) is 30.0. The van der Waals surface area contributed by atoms with Gasteiger partial charge in [-0.1, -0.05) is 25.5 Å². The smallest absolute Gasteiger partial charge is 0.309 e. The van der Waals surface area contributed by atoms with Gasteiger partial charge in [0, 0.05) is 17.5 Å². The van der Waals surface area contributed by atoms with Gasteiger partial charge < -0.3 is 23.7 Å². The van der Waals surface area contributed by atoms with Crippen LogP contribution in [0.4, 0.5) is 0 Å². The van der Waals surface area contributed by atoms with Gasteiger partial charge in [0.15, 0.2) is 16.8 Å². The van der Waals surface area contributed by atoms with Crippen molar-refractivity contribution in [3.05, 3.63) is 58.3 Å². The van der Waals surface area contributed by atoms with E-state index in [-0.39, 0.29) is 54.1 Å². The van der Waals surface area contributed by atoms with Crippen molar-refractivity contribution < 1.29 is 33.3 Å². The number of carbonyl (C=O) groups is 2. The monoisotopic (exact) mass is 615 g/mol. The van der Waals surface area contributed by atoms with E-state index in [0.29, 0.717) is 46.1 Å². The van der Waals surface area contributed by atoms with Crippen molar-refractivity contribution in [1.82, 2.24) is 4.98 Å². The first-order chi connectivity index (χ1) is 21.6. The van der Waals surface area contributed by atoms with Crippen molar-refractivity contribution >= 4 is 23.0 Å². The van der Waals surface area contributed by atoms with E-state index >= 15 is 0 Å². The molecule has 0 amide bonds. The van der Waals surface area contributed by atoms with Crippen LogP contribution >= 0.6 is 0 Å². The summed E-state index contributed by atoms with van der Waals surface area (Å²) in [5, 5.41) is 10.3. The fourth-order valence-electron chi connectivity index (χ4n) is 9.12. The fraction of sp³-hybridized carbons (Fsp3) is 0.556. The Hall–Kier alpha value is -3.72. The number of rotatable bonds is 7. The normalized spacial score (nSPS) is 32.2. The standard InChI is InChI=1S/C36H41NO8/c1-35-15-13-23(39)17-21(35)3-6-25-26-7-10-32(36(26,2)16-14-27(25)35)45-34(41)12-11-33(40)43-20-42-24-5-9-29-31(19-24)44-30-18-22(38)4-8-28(30)37-29/h3-5,8-9,18-19,23,25-27,32,39H,6-7,10-17,20H2,1-2H3. The number of carbonyl (C=O) groups excluding carboxylic acids is 2. The molecule has 1 N–H and O–H groups in total. The summed E-state index contributed by atoms with van der Waals surface area (Å²) in [7, 11) is 0. The topological polar surface area (TPSA) is 125 Å². The summed E-state index contributed by atoms with van der Waals surface area (Å²) < 4.78 is 22.6. The number of hydrogen-bond donors (Lipinski definition) is 1. The van der Waals surface area contributed by atoms with Crippen LogP contribution in [-0.4, -0.2) is 41.0 Å². The van der Waals surface area contributed by atoms with E-state index in [1.54, 1.807) is 24.3 Å². The Morgan fingerprint density at radius 1 is 1.00 bits per heavy atom. The largest absolute Gasteiger partial charge is 0.462 e. The quantitative estimate of drug-likeness (QED) is 0.143. The number of ether oxygens (including phenoxy) is 3. The van der Waals surface area contributed by atoms with Gasteiger partial charge in [-0.2, -0.15) is 0 Å². The van der Waals surface area contributed by atoms with Gasteiger partial charge in [0.2, 0.25) is 6.79 Å². The molecule has 0 bridgehead atoms. The van der Waals surface area contributed by atoms with Crippen LogP contribution in [0.2, 0.25) is 0 Å². The van der Waals surface area contributed by atoms with Gasteiger partial charge in [-0.3, -0.25) is 14.4 Å². The summed E-state index contributed by atoms with van der Waals surface area (Å²) in [6, 6.07) is 9.46. The highest BCUT2D eigenvalue weighted by atomic mass is 16.7. The number of aliphatic hydroxyl groups is 1. The molecule has 7 atom stereocenters. The first-order valence-electron chi connectivity index (χ1n) is 16.3. The third-order valence-electron chi connectivity index (χ3n) is 11.6. The molecule has 7 unspecified atom stereocenters. The van der Waals surface area contributed by atoms with E-state index in [2.05, 4.69) is 24.9 Å². The minimum Gasteiger partial charge on any atom is -0.462 e. The van der Waals surface area contributed by atoms with Gasteiger partial charge in [0.05, 0.1) is 18.9 Å². The number of nitrogens with zero attached hydrogens (tertiary/aromatic N) is 1. The molecule has 9 nitrogen and oxygen atoms in total. The molecule has 7 rings (SSSR count). The van der Waals surface area contributed by atoms with Crippen LogP contribution in [0.1, 0.15) is 78.1 Å². The zero-order valence-electron chi connectivity index (χ0n) is 26.0. The molecule has 238 valence electrons. The van der Waals surface area contributed by atoms with Crippen LogP contribution in [0.3, 0.4) is 0 Å². The van der Waals surface area contributed by atoms with E-state index in [0.717, 1.165) is 51.4 Å². The molecule has 1 aromatic carbocycles. The maximum atomic E-state index is 12.9. The highest BCUT2D eigenvalue weighted by Crippen LogP contribution is 2.65. The van der Waals surface area contributed by atoms with Crippen LogP contribution in [0.5, 0.6) is 5.75 Å². The van der Waals surface area contributed by atoms with E-state index in [1.807, 2.05) is 0 Å². The number of esters is 2. The summed E-state index contributed by atoms with van der Waals surface area (Å²) in [4.78, 5) is 41.4. The Kier molecular flexibility index (Phi) is 7.71. The second kappa shape index (κ2) is 11.6. The lowest BCUT2D eigenvalue weighted by Gasteiger charge is -2.57. The summed E-state index contributed by atoms with van der Waals surface area (Å²) in [6.45, 7) is 4.41. The average molecular weight is 616 g/mol. The maximum absolute atomic E-state index is 12.9. The van der Waals surface area contributed by atoms with Gasteiger partial charge in [-0.05, 0) is 98.8 Å². The van der Waals surface area contributed by atoms with E-state index in [1.165, 1.54) is 17.7 Å². The lowest BCUT2D eigenvalue weighted by atomic mass is 9.48. The Morgan fingerprint density at radius 3 is 2.71 bits per heavy atom. The van der Waals surface area contributed by atoms with Crippen molar-refractivity contribution in [2.75, 3.05) is 6.79 Å². The molecule has 1 heterocycles. The molecule has 3 saturated carbocycles. The number of aliphatic hydroxyl groups excluding tert-OH is 1. The predicted octanol–water partition coefficient (Wildman–Crippen LogP) is 6.19. The molecule has 45 heavy (non-hydrogen) atoms. The Morgan fingerprint density at radius 2 is 1.84 bits per heavy atom. The van der Waals surface area contributed by atoms with Gasteiger partial charge in [-0.15, -0.1) is 0 Å². The van der Waals surface area contributed by atoms with Crippen LogP contribution in [-0.2, 0) is 19.1 Å². The SMILES string of the molecule is CC12CCC(O)CC1=CCC1C2CCC2(C)C(OC(=O)CCC(=O)OCOc3ccc4nc5ccc(=O)cc-5oc4c3)CCC12. The van der Waals surface area contributed by atoms with Crippen LogP contribution in [0.15, 0.2) is 57.3 Å². The number of benzene rings is 2. The van der Waals surface area contributed by atoms with Crippen LogP contribution in [0.25, 0.3) is 22.6 Å². The average Bonchev–Trinajstić information content (AvgIpc) is 3.35. The minimum atomic E-state index is -0.542. The molecule has 0 radical (unpaired) electrons. The number of hydrogen-bond acceptors (Lipinski definition) is 9. The minimum absolute atomic E-state index is 0.0378. The molecule has 0 spiro atoms. The summed E-state index contributed by atoms with van der Waals surface area (Å²) in [6.07, 6.45) is 9.86. The van der Waals surface area contributed by atoms with Crippen molar-refractivity contribution in [3.8, 4) is 17.2 Å². The van der Waals surface area contributed by atoms with Crippen molar-refractivity contribution in [2.24, 2.45) is 28.6 Å². The van der Waals surface area contributed by atoms with Crippen molar-refractivity contribution in [1.29, 1.82) is 0 Å². The zero-order chi connectivity index (χ0) is 31.3.